The number of rotatable bonds is 3. The molecule has 4 nitrogen and oxygen atoms in total. The number of nitrogens with zero attached hydrogens (tertiary/aromatic N) is 2. The number of aromatic nitrogens is 2. The van der Waals surface area contributed by atoms with Crippen LogP contribution >= 0.6 is 0 Å². The van der Waals surface area contributed by atoms with E-state index < -0.39 is 0 Å². The Morgan fingerprint density at radius 2 is 2.16 bits per heavy atom. The minimum Gasteiger partial charge on any atom is -0.457 e. The van der Waals surface area contributed by atoms with Crippen LogP contribution in [0.5, 0.6) is 0 Å². The molecule has 1 aliphatic carbocycles. The van der Waals surface area contributed by atoms with Crippen LogP contribution < -0.4 is 0 Å². The summed E-state index contributed by atoms with van der Waals surface area (Å²) in [6.45, 7) is 6.62. The summed E-state index contributed by atoms with van der Waals surface area (Å²) in [6, 6.07) is 0. The molecule has 0 amide bonds. The first-order valence-electron chi connectivity index (χ1n) is 7.05. The molecule has 0 aromatic carbocycles. The lowest BCUT2D eigenvalue weighted by atomic mass is 9.75. The van der Waals surface area contributed by atoms with Gasteiger partial charge < -0.3 is 4.74 Å². The van der Waals surface area contributed by atoms with Crippen LogP contribution in [0, 0.1) is 17.8 Å². The van der Waals surface area contributed by atoms with E-state index in [4.69, 9.17) is 4.74 Å². The number of carbonyl (C=O) groups excluding carboxylic acids is 1. The Balaban J connectivity index is 2.04. The molecular formula is C15H22N2O2. The van der Waals surface area contributed by atoms with Crippen molar-refractivity contribution in [2.75, 3.05) is 0 Å². The van der Waals surface area contributed by atoms with E-state index in [1.54, 1.807) is 6.20 Å². The van der Waals surface area contributed by atoms with E-state index in [0.29, 0.717) is 23.4 Å². The molecule has 4 heteroatoms. The molecule has 19 heavy (non-hydrogen) atoms. The Hall–Kier alpha value is -1.45. The summed E-state index contributed by atoms with van der Waals surface area (Å²) in [4.78, 5) is 20.0. The fraction of sp³-hybridized carbons (Fsp3) is 0.667. The predicted molar refractivity (Wildman–Crippen MR) is 72.6 cm³/mol. The maximum absolute atomic E-state index is 12.1. The second kappa shape index (κ2) is 6.13. The van der Waals surface area contributed by atoms with Gasteiger partial charge in [-0.25, -0.2) is 9.78 Å². The highest BCUT2D eigenvalue weighted by Crippen LogP contribution is 2.35. The largest absolute Gasteiger partial charge is 0.457 e. The number of hydrogen-bond acceptors (Lipinski definition) is 4. The summed E-state index contributed by atoms with van der Waals surface area (Å²) in [7, 11) is 0. The van der Waals surface area contributed by atoms with E-state index in [-0.39, 0.29) is 12.1 Å². The van der Waals surface area contributed by atoms with E-state index in [1.807, 2.05) is 0 Å². The maximum atomic E-state index is 12.1. The molecular weight excluding hydrogens is 240 g/mol. The van der Waals surface area contributed by atoms with Gasteiger partial charge in [0.25, 0.3) is 0 Å². The zero-order chi connectivity index (χ0) is 13.8. The molecule has 0 bridgehead atoms. The molecule has 0 radical (unpaired) electrons. The summed E-state index contributed by atoms with van der Waals surface area (Å²) >= 11 is 0. The van der Waals surface area contributed by atoms with E-state index in [0.717, 1.165) is 12.8 Å². The minimum atomic E-state index is -0.349. The summed E-state index contributed by atoms with van der Waals surface area (Å²) < 4.78 is 5.68. The number of esters is 1. The van der Waals surface area contributed by atoms with E-state index >= 15 is 0 Å². The topological polar surface area (TPSA) is 52.1 Å². The molecule has 2 rings (SSSR count). The predicted octanol–water partition coefficient (Wildman–Crippen LogP) is 3.09. The molecule has 1 aliphatic rings. The third kappa shape index (κ3) is 3.52. The van der Waals surface area contributed by atoms with Gasteiger partial charge in [0.1, 0.15) is 6.10 Å². The van der Waals surface area contributed by atoms with E-state index in [2.05, 4.69) is 30.7 Å². The first-order valence-corrected chi connectivity index (χ1v) is 7.05. The monoisotopic (exact) mass is 262 g/mol. The van der Waals surface area contributed by atoms with Crippen LogP contribution in [0.3, 0.4) is 0 Å². The highest BCUT2D eigenvalue weighted by molar-refractivity contribution is 5.86. The highest BCUT2D eigenvalue weighted by Gasteiger charge is 2.33. The van der Waals surface area contributed by atoms with Crippen molar-refractivity contribution >= 4 is 5.97 Å². The van der Waals surface area contributed by atoms with Crippen LogP contribution in [0.4, 0.5) is 0 Å². The van der Waals surface area contributed by atoms with Gasteiger partial charge in [-0.05, 0) is 30.6 Å². The first-order chi connectivity index (χ1) is 9.08. The lowest BCUT2D eigenvalue weighted by molar-refractivity contribution is -0.0179. The van der Waals surface area contributed by atoms with Gasteiger partial charge in [-0.2, -0.15) is 0 Å². The van der Waals surface area contributed by atoms with Crippen LogP contribution in [0.25, 0.3) is 0 Å². The average Bonchev–Trinajstić information content (AvgIpc) is 2.39. The first kappa shape index (κ1) is 14.0. The fourth-order valence-corrected chi connectivity index (χ4v) is 2.85. The van der Waals surface area contributed by atoms with Gasteiger partial charge in [0.2, 0.25) is 0 Å². The number of carbonyl (C=O) groups is 1. The second-order valence-corrected chi connectivity index (χ2v) is 5.86. The summed E-state index contributed by atoms with van der Waals surface area (Å²) in [6.07, 6.45) is 7.85. The molecule has 0 saturated heterocycles. The average molecular weight is 262 g/mol. The summed E-state index contributed by atoms with van der Waals surface area (Å²) in [5.74, 6) is 1.26. The van der Waals surface area contributed by atoms with Gasteiger partial charge in [-0.3, -0.25) is 4.98 Å². The van der Waals surface area contributed by atoms with Gasteiger partial charge >= 0.3 is 5.97 Å². The SMILES string of the molecule is CC(C)[C@H]1CC[C@H](C)CC1OC(=O)c1cnccn1. The Kier molecular flexibility index (Phi) is 4.51. The molecule has 1 saturated carbocycles. The zero-order valence-corrected chi connectivity index (χ0v) is 11.9. The molecule has 1 aromatic heterocycles. The van der Waals surface area contributed by atoms with E-state index in [9.17, 15) is 4.79 Å². The lowest BCUT2D eigenvalue weighted by Crippen LogP contribution is -2.36. The van der Waals surface area contributed by atoms with Crippen LogP contribution in [0.15, 0.2) is 18.6 Å². The Morgan fingerprint density at radius 1 is 1.37 bits per heavy atom. The standard InChI is InChI=1S/C15H22N2O2/c1-10(2)12-5-4-11(3)8-14(12)19-15(18)13-9-16-6-7-17-13/h6-7,9-12,14H,4-5,8H2,1-3H3/t11-,12+,14?/m0/s1. The van der Waals surface area contributed by atoms with Crippen molar-refractivity contribution in [3.63, 3.8) is 0 Å². The molecule has 3 atom stereocenters. The zero-order valence-electron chi connectivity index (χ0n) is 11.9. The smallest absolute Gasteiger partial charge is 0.358 e. The van der Waals surface area contributed by atoms with E-state index in [1.165, 1.54) is 18.8 Å². The van der Waals surface area contributed by atoms with Crippen molar-refractivity contribution in [2.24, 2.45) is 17.8 Å². The van der Waals surface area contributed by atoms with Crippen molar-refractivity contribution in [1.29, 1.82) is 0 Å². The molecule has 1 unspecified atom stereocenters. The minimum absolute atomic E-state index is 0.0123. The van der Waals surface area contributed by atoms with Gasteiger partial charge in [0, 0.05) is 12.4 Å². The maximum Gasteiger partial charge on any atom is 0.358 e. The van der Waals surface area contributed by atoms with Crippen molar-refractivity contribution < 1.29 is 9.53 Å². The van der Waals surface area contributed by atoms with Crippen LogP contribution in [0.1, 0.15) is 50.5 Å². The van der Waals surface area contributed by atoms with Gasteiger partial charge in [0.05, 0.1) is 6.20 Å². The van der Waals surface area contributed by atoms with Crippen molar-refractivity contribution in [3.8, 4) is 0 Å². The van der Waals surface area contributed by atoms with Gasteiger partial charge in [-0.1, -0.05) is 27.2 Å². The van der Waals surface area contributed by atoms with Gasteiger partial charge in [-0.15, -0.1) is 0 Å². The molecule has 0 N–H and O–H groups in total. The fourth-order valence-electron chi connectivity index (χ4n) is 2.85. The highest BCUT2D eigenvalue weighted by atomic mass is 16.5. The third-order valence-electron chi connectivity index (χ3n) is 3.99. The molecule has 104 valence electrons. The lowest BCUT2D eigenvalue weighted by Gasteiger charge is -2.36. The molecule has 1 fully saturated rings. The normalized spacial score (nSPS) is 27.3. The molecule has 0 aliphatic heterocycles. The molecule has 0 spiro atoms. The summed E-state index contributed by atoms with van der Waals surface area (Å²) in [5.41, 5.74) is 0.295. The Labute approximate surface area is 114 Å². The van der Waals surface area contributed by atoms with Crippen molar-refractivity contribution in [2.45, 2.75) is 46.1 Å². The van der Waals surface area contributed by atoms with Crippen LogP contribution in [-0.4, -0.2) is 22.0 Å². The molecule has 1 aromatic rings. The number of ether oxygens (including phenoxy) is 1. The van der Waals surface area contributed by atoms with Crippen molar-refractivity contribution in [3.05, 3.63) is 24.3 Å². The third-order valence-corrected chi connectivity index (χ3v) is 3.99. The molecule has 1 heterocycles. The quantitative estimate of drug-likeness (QED) is 0.785. The van der Waals surface area contributed by atoms with Crippen LogP contribution in [0.2, 0.25) is 0 Å². The number of hydrogen-bond donors (Lipinski definition) is 0. The Morgan fingerprint density at radius 3 is 2.79 bits per heavy atom. The Bertz CT molecular complexity index is 419. The van der Waals surface area contributed by atoms with Gasteiger partial charge in [0.15, 0.2) is 5.69 Å². The summed E-state index contributed by atoms with van der Waals surface area (Å²) in [5, 5.41) is 0. The van der Waals surface area contributed by atoms with Crippen LogP contribution in [-0.2, 0) is 4.74 Å². The second-order valence-electron chi connectivity index (χ2n) is 5.86. The van der Waals surface area contributed by atoms with Crippen molar-refractivity contribution in [1.82, 2.24) is 9.97 Å².